The molecule has 1 heterocycles. The van der Waals surface area contributed by atoms with Crippen LogP contribution < -0.4 is 0 Å². The molecule has 0 fully saturated rings. The van der Waals surface area contributed by atoms with E-state index in [4.69, 9.17) is 11.6 Å². The first kappa shape index (κ1) is 14.6. The zero-order chi connectivity index (χ0) is 13.8. The number of halogens is 2. The van der Waals surface area contributed by atoms with Crippen molar-refractivity contribution in [2.24, 2.45) is 0 Å². The van der Waals surface area contributed by atoms with E-state index in [2.05, 4.69) is 40.1 Å². The molecule has 102 valence electrons. The van der Waals surface area contributed by atoms with Crippen LogP contribution >= 0.6 is 27.5 Å². The molecule has 0 bridgehead atoms. The van der Waals surface area contributed by atoms with Gasteiger partial charge in [0.25, 0.3) is 0 Å². The van der Waals surface area contributed by atoms with Gasteiger partial charge in [0.2, 0.25) is 0 Å². The Kier molecular flexibility index (Phi) is 5.06. The molecule has 4 heteroatoms. The van der Waals surface area contributed by atoms with Gasteiger partial charge in [0, 0.05) is 6.54 Å². The van der Waals surface area contributed by atoms with Crippen LogP contribution in [0.5, 0.6) is 0 Å². The Hall–Kier alpha value is -0.800. The van der Waals surface area contributed by atoms with Crippen LogP contribution in [0.3, 0.4) is 0 Å². The molecular weight excluding hydrogens is 324 g/mol. The summed E-state index contributed by atoms with van der Waals surface area (Å²) in [7, 11) is 0. The predicted octanol–water partition coefficient (Wildman–Crippen LogP) is 4.89. The van der Waals surface area contributed by atoms with Crippen molar-refractivity contribution in [2.75, 3.05) is 0 Å². The van der Waals surface area contributed by atoms with Crippen molar-refractivity contribution in [2.45, 2.75) is 38.6 Å². The topological polar surface area (TPSA) is 17.8 Å². The average molecular weight is 342 g/mol. The van der Waals surface area contributed by atoms with Crippen molar-refractivity contribution in [1.82, 2.24) is 9.78 Å². The molecule has 0 N–H and O–H groups in total. The molecule has 0 radical (unpaired) electrons. The fourth-order valence-corrected chi connectivity index (χ4v) is 2.94. The van der Waals surface area contributed by atoms with Crippen LogP contribution in [0.1, 0.15) is 35.7 Å². The summed E-state index contributed by atoms with van der Waals surface area (Å²) < 4.78 is 3.17. The van der Waals surface area contributed by atoms with Crippen LogP contribution in [0.25, 0.3) is 0 Å². The van der Waals surface area contributed by atoms with Gasteiger partial charge in [-0.2, -0.15) is 5.10 Å². The Morgan fingerprint density at radius 3 is 2.63 bits per heavy atom. The summed E-state index contributed by atoms with van der Waals surface area (Å²) in [6, 6.07) is 10.2. The molecule has 2 nitrogen and oxygen atoms in total. The van der Waals surface area contributed by atoms with Gasteiger partial charge >= 0.3 is 0 Å². The molecule has 0 aliphatic heterocycles. The molecule has 0 saturated carbocycles. The molecule has 0 amide bonds. The maximum absolute atomic E-state index is 6.47. The fourth-order valence-electron chi connectivity index (χ4n) is 2.20. The maximum Gasteiger partial charge on any atom is 0.0738 e. The Bertz CT molecular complexity index is 537. The molecule has 0 saturated heterocycles. The van der Waals surface area contributed by atoms with E-state index in [9.17, 15) is 0 Å². The lowest BCUT2D eigenvalue weighted by Gasteiger charge is -2.11. The molecule has 1 aromatic heterocycles. The van der Waals surface area contributed by atoms with Gasteiger partial charge in [-0.1, -0.05) is 30.3 Å². The van der Waals surface area contributed by atoms with E-state index in [0.29, 0.717) is 0 Å². The molecule has 0 spiro atoms. The van der Waals surface area contributed by atoms with E-state index >= 15 is 0 Å². The lowest BCUT2D eigenvalue weighted by atomic mass is 10.1. The molecule has 2 aromatic rings. The minimum Gasteiger partial charge on any atom is -0.268 e. The van der Waals surface area contributed by atoms with Crippen LogP contribution in [0.15, 0.2) is 34.8 Å². The minimum absolute atomic E-state index is 0.0496. The summed E-state index contributed by atoms with van der Waals surface area (Å²) in [6.45, 7) is 5.02. The highest BCUT2D eigenvalue weighted by atomic mass is 79.9. The molecule has 0 aliphatic rings. The van der Waals surface area contributed by atoms with Crippen molar-refractivity contribution in [1.29, 1.82) is 0 Å². The number of benzene rings is 1. The van der Waals surface area contributed by atoms with Gasteiger partial charge in [-0.05, 0) is 48.2 Å². The second kappa shape index (κ2) is 6.58. The van der Waals surface area contributed by atoms with E-state index in [1.165, 1.54) is 11.3 Å². The van der Waals surface area contributed by atoms with Gasteiger partial charge in [0.1, 0.15) is 0 Å². The van der Waals surface area contributed by atoms with Crippen molar-refractivity contribution >= 4 is 27.5 Å². The minimum atomic E-state index is 0.0496. The standard InChI is InChI=1S/C15H18BrClN2/c1-3-19-14(15(16)11(2)18-19)10-9-13(17)12-7-5-4-6-8-12/h4-8,13H,3,9-10H2,1-2H3. The van der Waals surface area contributed by atoms with E-state index in [1.54, 1.807) is 0 Å². The highest BCUT2D eigenvalue weighted by Crippen LogP contribution is 2.28. The predicted molar refractivity (Wildman–Crippen MR) is 83.7 cm³/mol. The van der Waals surface area contributed by atoms with E-state index in [0.717, 1.165) is 29.6 Å². The summed E-state index contributed by atoms with van der Waals surface area (Å²) in [6.07, 6.45) is 1.84. The zero-order valence-corrected chi connectivity index (χ0v) is 13.6. The zero-order valence-electron chi connectivity index (χ0n) is 11.2. The Morgan fingerprint density at radius 2 is 2.00 bits per heavy atom. The number of rotatable bonds is 5. The molecule has 1 aromatic carbocycles. The number of aromatic nitrogens is 2. The number of hydrogen-bond acceptors (Lipinski definition) is 1. The Morgan fingerprint density at radius 1 is 1.32 bits per heavy atom. The van der Waals surface area contributed by atoms with Gasteiger partial charge in [-0.15, -0.1) is 11.6 Å². The maximum atomic E-state index is 6.47. The van der Waals surface area contributed by atoms with E-state index < -0.39 is 0 Å². The first-order chi connectivity index (χ1) is 9.13. The number of hydrogen-bond donors (Lipinski definition) is 0. The van der Waals surface area contributed by atoms with E-state index in [-0.39, 0.29) is 5.38 Å². The summed E-state index contributed by atoms with van der Waals surface area (Å²) in [4.78, 5) is 0. The summed E-state index contributed by atoms with van der Waals surface area (Å²) in [5.41, 5.74) is 3.46. The summed E-state index contributed by atoms with van der Waals surface area (Å²) in [5, 5.41) is 4.56. The van der Waals surface area contributed by atoms with Crippen molar-refractivity contribution in [3.8, 4) is 0 Å². The first-order valence-electron chi connectivity index (χ1n) is 6.54. The number of nitrogens with zero attached hydrogens (tertiary/aromatic N) is 2. The van der Waals surface area contributed by atoms with Crippen molar-refractivity contribution in [3.05, 3.63) is 51.8 Å². The third-order valence-corrected chi connectivity index (χ3v) is 4.75. The van der Waals surface area contributed by atoms with Crippen molar-refractivity contribution in [3.63, 3.8) is 0 Å². The van der Waals surface area contributed by atoms with Gasteiger partial charge in [-0.3, -0.25) is 4.68 Å². The summed E-state index contributed by atoms with van der Waals surface area (Å²) in [5.74, 6) is 0. The first-order valence-corrected chi connectivity index (χ1v) is 7.77. The van der Waals surface area contributed by atoms with Crippen LogP contribution in [0.2, 0.25) is 0 Å². The third-order valence-electron chi connectivity index (χ3n) is 3.25. The lowest BCUT2D eigenvalue weighted by molar-refractivity contribution is 0.603. The normalized spacial score (nSPS) is 12.6. The van der Waals surface area contributed by atoms with Crippen LogP contribution in [-0.4, -0.2) is 9.78 Å². The lowest BCUT2D eigenvalue weighted by Crippen LogP contribution is -2.04. The van der Waals surface area contributed by atoms with E-state index in [1.807, 2.05) is 29.8 Å². The van der Waals surface area contributed by atoms with Gasteiger partial charge < -0.3 is 0 Å². The van der Waals surface area contributed by atoms with Gasteiger partial charge in [0.05, 0.1) is 21.2 Å². The highest BCUT2D eigenvalue weighted by molar-refractivity contribution is 9.10. The SMILES string of the molecule is CCn1nc(C)c(Br)c1CCC(Cl)c1ccccc1. The Labute approximate surface area is 127 Å². The molecular formula is C15H18BrClN2. The average Bonchev–Trinajstić information content (AvgIpc) is 2.72. The number of alkyl halides is 1. The largest absolute Gasteiger partial charge is 0.268 e. The molecule has 1 atom stereocenters. The van der Waals surface area contributed by atoms with Gasteiger partial charge in [-0.25, -0.2) is 0 Å². The Balaban J connectivity index is 2.07. The van der Waals surface area contributed by atoms with Gasteiger partial charge in [0.15, 0.2) is 0 Å². The second-order valence-electron chi connectivity index (χ2n) is 4.58. The number of aryl methyl sites for hydroxylation is 2. The monoisotopic (exact) mass is 340 g/mol. The smallest absolute Gasteiger partial charge is 0.0738 e. The molecule has 0 aliphatic carbocycles. The molecule has 2 rings (SSSR count). The highest BCUT2D eigenvalue weighted by Gasteiger charge is 2.14. The molecule has 1 unspecified atom stereocenters. The summed E-state index contributed by atoms with van der Waals surface area (Å²) >= 11 is 10.1. The van der Waals surface area contributed by atoms with Crippen molar-refractivity contribution < 1.29 is 0 Å². The quantitative estimate of drug-likeness (QED) is 0.708. The third kappa shape index (κ3) is 3.40. The van der Waals surface area contributed by atoms with Crippen LogP contribution in [0.4, 0.5) is 0 Å². The van der Waals surface area contributed by atoms with Crippen LogP contribution in [0, 0.1) is 6.92 Å². The molecule has 19 heavy (non-hydrogen) atoms. The van der Waals surface area contributed by atoms with Crippen LogP contribution in [-0.2, 0) is 13.0 Å². The second-order valence-corrected chi connectivity index (χ2v) is 5.90. The fraction of sp³-hybridized carbons (Fsp3) is 0.400.